The van der Waals surface area contributed by atoms with Crippen molar-refractivity contribution in [2.45, 2.75) is 58.5 Å². The third-order valence-electron chi connectivity index (χ3n) is 5.73. The van der Waals surface area contributed by atoms with Gasteiger partial charge in [0, 0.05) is 24.6 Å². The molecule has 2 atom stereocenters. The Balaban J connectivity index is 1.58. The maximum absolute atomic E-state index is 13.2. The van der Waals surface area contributed by atoms with Crippen LogP contribution in [-0.2, 0) is 17.6 Å². The Hall–Kier alpha value is -3.35. The number of aryl methyl sites for hydroxylation is 2. The SMILES string of the molecule is CCc1nn([C@@H](CC)C(=O)N[C@@H](C)CCc2ccccc2)c(=O)c2cc3occc3n12. The number of aromatic nitrogens is 3. The maximum Gasteiger partial charge on any atom is 0.291 e. The number of carbonyl (C=O) groups excluding carboxylic acids is 1. The number of nitrogens with zero attached hydrogens (tertiary/aromatic N) is 3. The van der Waals surface area contributed by atoms with Gasteiger partial charge in [0.15, 0.2) is 5.58 Å². The van der Waals surface area contributed by atoms with Crippen molar-refractivity contribution >= 4 is 22.5 Å². The first-order valence-electron chi connectivity index (χ1n) is 10.9. The second-order valence-corrected chi connectivity index (χ2v) is 7.91. The summed E-state index contributed by atoms with van der Waals surface area (Å²) in [6, 6.07) is 13.1. The lowest BCUT2D eigenvalue weighted by atomic mass is 10.1. The molecule has 7 nitrogen and oxygen atoms in total. The first-order valence-corrected chi connectivity index (χ1v) is 10.9. The second kappa shape index (κ2) is 8.79. The Kier molecular flexibility index (Phi) is 5.93. The molecule has 1 amide bonds. The number of rotatable bonds is 8. The molecule has 0 aliphatic rings. The van der Waals surface area contributed by atoms with Crippen LogP contribution in [0.15, 0.2) is 57.9 Å². The predicted molar refractivity (Wildman–Crippen MR) is 120 cm³/mol. The van der Waals surface area contributed by atoms with Gasteiger partial charge in [0.25, 0.3) is 5.56 Å². The Morgan fingerprint density at radius 1 is 1.16 bits per heavy atom. The summed E-state index contributed by atoms with van der Waals surface area (Å²) >= 11 is 0. The minimum atomic E-state index is -0.664. The van der Waals surface area contributed by atoms with E-state index in [0.717, 1.165) is 24.2 Å². The first kappa shape index (κ1) is 20.9. The Morgan fingerprint density at radius 2 is 1.94 bits per heavy atom. The third kappa shape index (κ3) is 4.00. The van der Waals surface area contributed by atoms with E-state index in [1.807, 2.05) is 49.4 Å². The van der Waals surface area contributed by atoms with Crippen molar-refractivity contribution in [3.8, 4) is 0 Å². The molecule has 1 aromatic carbocycles. The van der Waals surface area contributed by atoms with Crippen LogP contribution in [0.25, 0.3) is 16.6 Å². The third-order valence-corrected chi connectivity index (χ3v) is 5.73. The highest BCUT2D eigenvalue weighted by Gasteiger charge is 2.25. The fourth-order valence-electron chi connectivity index (χ4n) is 4.04. The van der Waals surface area contributed by atoms with Gasteiger partial charge < -0.3 is 9.73 Å². The number of hydrogen-bond acceptors (Lipinski definition) is 4. The van der Waals surface area contributed by atoms with Crippen LogP contribution >= 0.6 is 0 Å². The van der Waals surface area contributed by atoms with E-state index < -0.39 is 6.04 Å². The Labute approximate surface area is 180 Å². The van der Waals surface area contributed by atoms with E-state index in [-0.39, 0.29) is 17.5 Å². The fourth-order valence-corrected chi connectivity index (χ4v) is 4.04. The molecule has 1 N–H and O–H groups in total. The van der Waals surface area contributed by atoms with Crippen molar-refractivity contribution in [1.29, 1.82) is 0 Å². The van der Waals surface area contributed by atoms with E-state index in [0.29, 0.717) is 23.9 Å². The molecule has 0 aliphatic carbocycles. The molecule has 7 heteroatoms. The smallest absolute Gasteiger partial charge is 0.291 e. The van der Waals surface area contributed by atoms with Gasteiger partial charge in [-0.05, 0) is 31.7 Å². The number of furan rings is 1. The number of fused-ring (bicyclic) bond motifs is 3. The molecule has 31 heavy (non-hydrogen) atoms. The van der Waals surface area contributed by atoms with E-state index in [2.05, 4.69) is 22.5 Å². The van der Waals surface area contributed by atoms with Gasteiger partial charge in [-0.15, -0.1) is 0 Å². The number of amides is 1. The molecule has 0 spiro atoms. The van der Waals surface area contributed by atoms with Crippen LogP contribution in [0.2, 0.25) is 0 Å². The van der Waals surface area contributed by atoms with Crippen molar-refractivity contribution in [1.82, 2.24) is 19.5 Å². The molecule has 0 radical (unpaired) electrons. The van der Waals surface area contributed by atoms with Gasteiger partial charge in [0.1, 0.15) is 17.4 Å². The summed E-state index contributed by atoms with van der Waals surface area (Å²) in [6.45, 7) is 5.87. The molecule has 162 valence electrons. The Bertz CT molecular complexity index is 1250. The van der Waals surface area contributed by atoms with Gasteiger partial charge in [-0.2, -0.15) is 5.10 Å². The molecule has 0 saturated heterocycles. The lowest BCUT2D eigenvalue weighted by molar-refractivity contribution is -0.125. The minimum Gasteiger partial charge on any atom is -0.463 e. The molecule has 3 aromatic heterocycles. The highest BCUT2D eigenvalue weighted by molar-refractivity contribution is 5.83. The summed E-state index contributed by atoms with van der Waals surface area (Å²) < 4.78 is 8.64. The van der Waals surface area contributed by atoms with Gasteiger partial charge in [-0.25, -0.2) is 4.68 Å². The van der Waals surface area contributed by atoms with E-state index >= 15 is 0 Å². The van der Waals surface area contributed by atoms with Crippen molar-refractivity contribution in [2.24, 2.45) is 0 Å². The lowest BCUT2D eigenvalue weighted by Crippen LogP contribution is -2.42. The summed E-state index contributed by atoms with van der Waals surface area (Å²) in [5.41, 5.74) is 2.88. The van der Waals surface area contributed by atoms with Crippen LogP contribution in [0.1, 0.15) is 51.0 Å². The lowest BCUT2D eigenvalue weighted by Gasteiger charge is -2.21. The summed E-state index contributed by atoms with van der Waals surface area (Å²) in [6.07, 6.45) is 4.40. The zero-order valence-corrected chi connectivity index (χ0v) is 18.2. The molecule has 4 rings (SSSR count). The van der Waals surface area contributed by atoms with Gasteiger partial charge in [-0.1, -0.05) is 44.2 Å². The number of carbonyl (C=O) groups is 1. The predicted octanol–water partition coefficient (Wildman–Crippen LogP) is 3.89. The van der Waals surface area contributed by atoms with Crippen molar-refractivity contribution in [2.75, 3.05) is 0 Å². The zero-order chi connectivity index (χ0) is 22.0. The quantitative estimate of drug-likeness (QED) is 0.469. The summed E-state index contributed by atoms with van der Waals surface area (Å²) in [5, 5.41) is 7.65. The second-order valence-electron chi connectivity index (χ2n) is 7.91. The van der Waals surface area contributed by atoms with Crippen LogP contribution < -0.4 is 10.9 Å². The summed E-state index contributed by atoms with van der Waals surface area (Å²) in [5.74, 6) is 0.536. The molecule has 0 saturated carbocycles. The van der Waals surface area contributed by atoms with Crippen molar-refractivity contribution in [3.63, 3.8) is 0 Å². The largest absolute Gasteiger partial charge is 0.463 e. The highest BCUT2D eigenvalue weighted by atomic mass is 16.3. The van der Waals surface area contributed by atoms with Gasteiger partial charge in [0.05, 0.1) is 11.8 Å². The maximum atomic E-state index is 13.2. The molecule has 0 bridgehead atoms. The summed E-state index contributed by atoms with van der Waals surface area (Å²) in [4.78, 5) is 26.3. The molecule has 0 aliphatic heterocycles. The molecular weight excluding hydrogens is 392 g/mol. The van der Waals surface area contributed by atoms with Crippen LogP contribution in [0.3, 0.4) is 0 Å². The number of hydrogen-bond donors (Lipinski definition) is 1. The number of nitrogens with one attached hydrogen (secondary N) is 1. The molecule has 0 fully saturated rings. The molecule has 0 unspecified atom stereocenters. The van der Waals surface area contributed by atoms with Crippen LogP contribution in [0.4, 0.5) is 0 Å². The Morgan fingerprint density at radius 3 is 2.65 bits per heavy atom. The van der Waals surface area contributed by atoms with Crippen LogP contribution in [0.5, 0.6) is 0 Å². The van der Waals surface area contributed by atoms with E-state index in [4.69, 9.17) is 4.42 Å². The fraction of sp³-hybridized carbons (Fsp3) is 0.375. The van der Waals surface area contributed by atoms with Crippen molar-refractivity contribution < 1.29 is 9.21 Å². The highest BCUT2D eigenvalue weighted by Crippen LogP contribution is 2.21. The monoisotopic (exact) mass is 420 g/mol. The van der Waals surface area contributed by atoms with E-state index in [9.17, 15) is 9.59 Å². The van der Waals surface area contributed by atoms with Gasteiger partial charge in [0.2, 0.25) is 5.91 Å². The first-order chi connectivity index (χ1) is 15.0. The average Bonchev–Trinajstić information content (AvgIpc) is 3.37. The standard InChI is InChI=1S/C24H28N4O3/c1-4-18(23(29)25-16(3)11-12-17-9-7-6-8-10-17)28-24(30)20-15-21-19(13-14-31-21)27(20)22(5-2)26-28/h6-10,13-16,18H,4-5,11-12H2,1-3H3,(H,25,29)/t16-,18-/m0/s1. The molecule has 3 heterocycles. The normalized spacial score (nSPS) is 13.5. The number of benzene rings is 1. The topological polar surface area (TPSA) is 81.5 Å². The summed E-state index contributed by atoms with van der Waals surface area (Å²) in [7, 11) is 0. The minimum absolute atomic E-state index is 0.0116. The van der Waals surface area contributed by atoms with E-state index in [1.54, 1.807) is 12.3 Å². The van der Waals surface area contributed by atoms with E-state index in [1.165, 1.54) is 10.2 Å². The van der Waals surface area contributed by atoms with Gasteiger partial charge >= 0.3 is 0 Å². The van der Waals surface area contributed by atoms with Crippen molar-refractivity contribution in [3.05, 3.63) is 70.5 Å². The van der Waals surface area contributed by atoms with Crippen LogP contribution in [-0.4, -0.2) is 26.1 Å². The molecular formula is C24H28N4O3. The zero-order valence-electron chi connectivity index (χ0n) is 18.2. The average molecular weight is 421 g/mol. The molecule has 4 aromatic rings. The van der Waals surface area contributed by atoms with Gasteiger partial charge in [-0.3, -0.25) is 14.0 Å². The van der Waals surface area contributed by atoms with Crippen LogP contribution in [0, 0.1) is 0 Å².